The predicted octanol–water partition coefficient (Wildman–Crippen LogP) is 3.98. The fourth-order valence-corrected chi connectivity index (χ4v) is 3.96. The van der Waals surface area contributed by atoms with Crippen molar-refractivity contribution < 1.29 is 60.9 Å². The maximum atomic E-state index is 12.3. The van der Waals surface area contributed by atoms with Crippen LogP contribution >= 0.6 is 31.9 Å². The number of imidazole rings is 1. The second kappa shape index (κ2) is 18.9. The van der Waals surface area contributed by atoms with Crippen molar-refractivity contribution in [1.82, 2.24) is 14.9 Å². The van der Waals surface area contributed by atoms with E-state index in [9.17, 15) is 36.3 Å². The Labute approximate surface area is 250 Å². The van der Waals surface area contributed by atoms with Gasteiger partial charge < -0.3 is 35.8 Å². The molecule has 42 heavy (non-hydrogen) atoms. The van der Waals surface area contributed by atoms with E-state index < -0.39 is 30.2 Å². The quantitative estimate of drug-likeness (QED) is 0.0745. The third-order valence-electron chi connectivity index (χ3n) is 4.33. The number of rotatable bonds is 11. The van der Waals surface area contributed by atoms with E-state index in [1.54, 1.807) is 12.5 Å². The SMILES string of the molecule is NCCCOc1c(Br)cc(C/C(=N\O)C(=O)NCCCn2ccnc2)cc1Br.O=C(O)C(F)(F)F.O=C(O)C(F)(F)F. The number of carbonyl (C=O) groups excluding carboxylic acids is 1. The zero-order valence-corrected chi connectivity index (χ0v) is 24.4. The summed E-state index contributed by atoms with van der Waals surface area (Å²) in [5.74, 6) is -5.24. The van der Waals surface area contributed by atoms with Crippen molar-refractivity contribution in [1.29, 1.82) is 0 Å². The minimum atomic E-state index is -5.08. The first-order valence-corrected chi connectivity index (χ1v) is 12.9. The smallest absolute Gasteiger partial charge is 0.490 e. The molecule has 0 aliphatic heterocycles. The van der Waals surface area contributed by atoms with Crippen LogP contribution in [-0.2, 0) is 27.3 Å². The Balaban J connectivity index is 0.000000990. The molecular weight excluding hydrogens is 720 g/mol. The number of oxime groups is 1. The molecule has 1 aromatic carbocycles. The summed E-state index contributed by atoms with van der Waals surface area (Å²) in [7, 11) is 0. The first kappa shape index (κ1) is 38.6. The zero-order valence-electron chi connectivity index (χ0n) is 21.3. The summed E-state index contributed by atoms with van der Waals surface area (Å²) in [6.45, 7) is 2.29. The van der Waals surface area contributed by atoms with Gasteiger partial charge in [-0.1, -0.05) is 5.16 Å². The number of carboxylic acids is 2. The van der Waals surface area contributed by atoms with Crippen LogP contribution in [0.3, 0.4) is 0 Å². The minimum Gasteiger partial charge on any atom is -0.491 e. The molecular formula is C22H25Br2F6N5O7. The minimum absolute atomic E-state index is 0.0400. The zero-order chi connectivity index (χ0) is 32.5. The van der Waals surface area contributed by atoms with Crippen molar-refractivity contribution in [2.45, 2.75) is 38.2 Å². The summed E-state index contributed by atoms with van der Waals surface area (Å²) in [6, 6.07) is 3.67. The number of nitrogens with two attached hydrogens (primary N) is 1. The number of nitrogens with one attached hydrogen (secondary N) is 1. The molecule has 0 bridgehead atoms. The van der Waals surface area contributed by atoms with Crippen molar-refractivity contribution in [3.05, 3.63) is 45.4 Å². The second-order valence-electron chi connectivity index (χ2n) is 7.62. The number of aliphatic carboxylic acids is 2. The lowest BCUT2D eigenvalue weighted by Gasteiger charge is -2.12. The number of ether oxygens (including phenoxy) is 1. The lowest BCUT2D eigenvalue weighted by Crippen LogP contribution is -2.33. The van der Waals surface area contributed by atoms with Crippen molar-refractivity contribution in [2.75, 3.05) is 19.7 Å². The molecule has 1 heterocycles. The Morgan fingerprint density at radius 3 is 1.95 bits per heavy atom. The van der Waals surface area contributed by atoms with Crippen LogP contribution in [0.1, 0.15) is 18.4 Å². The van der Waals surface area contributed by atoms with Crippen molar-refractivity contribution >= 4 is 55.4 Å². The highest BCUT2D eigenvalue weighted by Gasteiger charge is 2.38. The van der Waals surface area contributed by atoms with Crippen LogP contribution in [0.25, 0.3) is 0 Å². The van der Waals surface area contributed by atoms with Gasteiger partial charge in [0, 0.05) is 31.9 Å². The topological polar surface area (TPSA) is 189 Å². The Morgan fingerprint density at radius 1 is 1.02 bits per heavy atom. The number of aromatic nitrogens is 2. The highest BCUT2D eigenvalue weighted by atomic mass is 79.9. The van der Waals surface area contributed by atoms with Gasteiger partial charge in [0.1, 0.15) is 11.5 Å². The molecule has 2 aromatic rings. The maximum absolute atomic E-state index is 12.3. The number of hydrogen-bond acceptors (Lipinski definition) is 8. The number of aryl methyl sites for hydroxylation is 1. The van der Waals surface area contributed by atoms with Gasteiger partial charge in [-0.3, -0.25) is 4.79 Å². The number of hydrogen-bond donors (Lipinski definition) is 5. The fraction of sp³-hybridized carbons (Fsp3) is 0.409. The predicted molar refractivity (Wildman–Crippen MR) is 141 cm³/mol. The third-order valence-corrected chi connectivity index (χ3v) is 5.51. The molecule has 0 fully saturated rings. The Kier molecular flexibility index (Phi) is 17.4. The number of carbonyl (C=O) groups is 3. The molecule has 0 saturated heterocycles. The third kappa shape index (κ3) is 16.2. The molecule has 1 aromatic heterocycles. The highest BCUT2D eigenvalue weighted by molar-refractivity contribution is 9.11. The van der Waals surface area contributed by atoms with Gasteiger partial charge in [-0.15, -0.1) is 0 Å². The Morgan fingerprint density at radius 2 is 1.55 bits per heavy atom. The Hall–Kier alpha value is -3.39. The van der Waals surface area contributed by atoms with E-state index in [2.05, 4.69) is 47.3 Å². The number of halogens is 8. The van der Waals surface area contributed by atoms with Gasteiger partial charge in [0.2, 0.25) is 0 Å². The van der Waals surface area contributed by atoms with E-state index in [0.29, 0.717) is 25.4 Å². The fourth-order valence-electron chi connectivity index (χ4n) is 2.45. The molecule has 6 N–H and O–H groups in total. The largest absolute Gasteiger partial charge is 0.491 e. The molecule has 0 atom stereocenters. The summed E-state index contributed by atoms with van der Waals surface area (Å²) in [6.07, 6.45) is -3.19. The first-order chi connectivity index (χ1) is 19.4. The number of alkyl halides is 6. The Bertz CT molecular complexity index is 1130. The van der Waals surface area contributed by atoms with E-state index in [4.69, 9.17) is 30.3 Å². The normalized spacial score (nSPS) is 11.4. The van der Waals surface area contributed by atoms with Gasteiger partial charge in [0.15, 0.2) is 0 Å². The molecule has 20 heteroatoms. The molecule has 0 aliphatic carbocycles. The molecule has 0 unspecified atom stereocenters. The van der Waals surface area contributed by atoms with E-state index >= 15 is 0 Å². The summed E-state index contributed by atoms with van der Waals surface area (Å²) in [4.78, 5) is 34.0. The highest BCUT2D eigenvalue weighted by Crippen LogP contribution is 2.35. The van der Waals surface area contributed by atoms with Gasteiger partial charge in [-0.05, 0) is 68.9 Å². The van der Waals surface area contributed by atoms with Crippen LogP contribution in [0, 0.1) is 0 Å². The van der Waals surface area contributed by atoms with E-state index in [1.165, 1.54) is 0 Å². The molecule has 0 saturated carbocycles. The molecule has 0 aliphatic rings. The molecule has 236 valence electrons. The molecule has 0 radical (unpaired) electrons. The number of amides is 1. The van der Waals surface area contributed by atoms with Crippen LogP contribution in [0.5, 0.6) is 5.75 Å². The van der Waals surface area contributed by atoms with Gasteiger partial charge in [0.25, 0.3) is 5.91 Å². The lowest BCUT2D eigenvalue weighted by molar-refractivity contribution is -0.193. The van der Waals surface area contributed by atoms with E-state index in [1.807, 2.05) is 22.9 Å². The molecule has 12 nitrogen and oxygen atoms in total. The number of carboxylic acid groups (broad SMARTS) is 2. The van der Waals surface area contributed by atoms with E-state index in [-0.39, 0.29) is 12.1 Å². The van der Waals surface area contributed by atoms with Crippen molar-refractivity contribution in [2.24, 2.45) is 10.9 Å². The summed E-state index contributed by atoms with van der Waals surface area (Å²) in [5.41, 5.74) is 6.31. The van der Waals surface area contributed by atoms with Crippen LogP contribution in [0.15, 0.2) is 45.0 Å². The average molecular weight is 745 g/mol. The summed E-state index contributed by atoms with van der Waals surface area (Å²) in [5, 5.41) is 29.4. The summed E-state index contributed by atoms with van der Waals surface area (Å²) >= 11 is 6.94. The van der Waals surface area contributed by atoms with Crippen LogP contribution in [0.4, 0.5) is 26.3 Å². The second-order valence-corrected chi connectivity index (χ2v) is 9.33. The molecule has 0 spiro atoms. The van der Waals surface area contributed by atoms with Crippen LogP contribution < -0.4 is 15.8 Å². The van der Waals surface area contributed by atoms with Crippen molar-refractivity contribution in [3.8, 4) is 5.75 Å². The van der Waals surface area contributed by atoms with Gasteiger partial charge in [-0.25, -0.2) is 14.6 Å². The van der Waals surface area contributed by atoms with E-state index in [0.717, 1.165) is 33.9 Å². The number of benzene rings is 1. The lowest BCUT2D eigenvalue weighted by atomic mass is 10.1. The number of nitrogens with zero attached hydrogens (tertiary/aromatic N) is 3. The van der Waals surface area contributed by atoms with Gasteiger partial charge >= 0.3 is 24.3 Å². The van der Waals surface area contributed by atoms with Crippen LogP contribution in [0.2, 0.25) is 0 Å². The van der Waals surface area contributed by atoms with Gasteiger partial charge in [0.05, 0.1) is 21.9 Å². The summed E-state index contributed by atoms with van der Waals surface area (Å²) < 4.78 is 72.6. The maximum Gasteiger partial charge on any atom is 0.490 e. The standard InChI is InChI=1S/C18H23Br2N5O3.2C2HF3O2/c19-14-9-13(10-15(20)17(14)28-8-1-3-21)11-16(24-27)18(26)23-4-2-6-25-7-5-22-12-25;2*3-2(4,5)1(6)7/h5,7,9-10,12,27H,1-4,6,8,11,21H2,(H,23,26);2*(H,6,7)/b24-16+;;. The average Bonchev–Trinajstić information content (AvgIpc) is 3.40. The molecule has 2 rings (SSSR count). The van der Waals surface area contributed by atoms with Gasteiger partial charge in [-0.2, -0.15) is 26.3 Å². The first-order valence-electron chi connectivity index (χ1n) is 11.3. The molecule has 1 amide bonds. The van der Waals surface area contributed by atoms with Crippen LogP contribution in [-0.4, -0.2) is 80.6 Å². The van der Waals surface area contributed by atoms with Crippen molar-refractivity contribution in [3.63, 3.8) is 0 Å². The monoisotopic (exact) mass is 743 g/mol.